The van der Waals surface area contributed by atoms with E-state index in [0.717, 1.165) is 16.9 Å². The van der Waals surface area contributed by atoms with Gasteiger partial charge < -0.3 is 19.5 Å². The molecule has 0 fully saturated rings. The SMILES string of the molecule is Cc1ccc(OCCNC(=O)c2cccc(NS(=O)(=O)c3ccc4c(c3)OCCO4)c2)c(C)c1. The molecule has 4 rings (SSSR count). The van der Waals surface area contributed by atoms with Gasteiger partial charge in [-0.05, 0) is 55.8 Å². The van der Waals surface area contributed by atoms with Crippen LogP contribution in [0, 0.1) is 13.8 Å². The van der Waals surface area contributed by atoms with E-state index in [4.69, 9.17) is 14.2 Å². The van der Waals surface area contributed by atoms with Crippen molar-refractivity contribution in [2.45, 2.75) is 18.7 Å². The van der Waals surface area contributed by atoms with Crippen molar-refractivity contribution in [3.63, 3.8) is 0 Å². The Morgan fingerprint density at radius 3 is 2.56 bits per heavy atom. The van der Waals surface area contributed by atoms with Crippen molar-refractivity contribution in [3.8, 4) is 17.2 Å². The Bertz CT molecular complexity index is 1310. The summed E-state index contributed by atoms with van der Waals surface area (Å²) in [6.45, 7) is 5.38. The summed E-state index contributed by atoms with van der Waals surface area (Å²) in [6.07, 6.45) is 0. The average Bonchev–Trinajstić information content (AvgIpc) is 2.82. The molecule has 1 heterocycles. The van der Waals surface area contributed by atoms with Crippen LogP contribution in [-0.2, 0) is 10.0 Å². The Morgan fingerprint density at radius 1 is 0.971 bits per heavy atom. The van der Waals surface area contributed by atoms with Crippen LogP contribution in [0.5, 0.6) is 17.2 Å². The zero-order valence-electron chi connectivity index (χ0n) is 19.0. The van der Waals surface area contributed by atoms with E-state index >= 15 is 0 Å². The highest BCUT2D eigenvalue weighted by atomic mass is 32.2. The highest BCUT2D eigenvalue weighted by Gasteiger charge is 2.20. The maximum atomic E-state index is 12.8. The second-order valence-corrected chi connectivity index (χ2v) is 9.55. The Hall–Kier alpha value is -3.72. The number of fused-ring (bicyclic) bond motifs is 1. The topological polar surface area (TPSA) is 103 Å². The molecule has 3 aromatic rings. The summed E-state index contributed by atoms with van der Waals surface area (Å²) in [7, 11) is -3.89. The molecule has 1 amide bonds. The first-order valence-electron chi connectivity index (χ1n) is 10.8. The van der Waals surface area contributed by atoms with Gasteiger partial charge in [-0.2, -0.15) is 0 Å². The van der Waals surface area contributed by atoms with Gasteiger partial charge in [-0.25, -0.2) is 8.42 Å². The molecule has 0 aliphatic carbocycles. The van der Waals surface area contributed by atoms with E-state index in [9.17, 15) is 13.2 Å². The Morgan fingerprint density at radius 2 is 1.76 bits per heavy atom. The summed E-state index contributed by atoms with van der Waals surface area (Å²) in [5.74, 6) is 1.33. The van der Waals surface area contributed by atoms with E-state index in [2.05, 4.69) is 10.0 Å². The number of carbonyl (C=O) groups is 1. The predicted molar refractivity (Wildman–Crippen MR) is 128 cm³/mol. The van der Waals surface area contributed by atoms with Crippen molar-refractivity contribution in [3.05, 3.63) is 77.4 Å². The van der Waals surface area contributed by atoms with Crippen molar-refractivity contribution in [2.75, 3.05) is 31.1 Å². The molecule has 9 heteroatoms. The maximum Gasteiger partial charge on any atom is 0.262 e. The molecule has 1 aliphatic heterocycles. The fourth-order valence-corrected chi connectivity index (χ4v) is 4.58. The van der Waals surface area contributed by atoms with Crippen LogP contribution in [0.25, 0.3) is 0 Å². The van der Waals surface area contributed by atoms with Crippen molar-refractivity contribution in [1.82, 2.24) is 5.32 Å². The fourth-order valence-electron chi connectivity index (χ4n) is 3.52. The lowest BCUT2D eigenvalue weighted by atomic mass is 10.1. The molecule has 0 unspecified atom stereocenters. The molecule has 0 radical (unpaired) electrons. The van der Waals surface area contributed by atoms with Gasteiger partial charge in [0.1, 0.15) is 25.6 Å². The van der Waals surface area contributed by atoms with Crippen LogP contribution in [0.4, 0.5) is 5.69 Å². The van der Waals surface area contributed by atoms with Gasteiger partial charge in [0, 0.05) is 17.3 Å². The number of amides is 1. The number of benzene rings is 3. The monoisotopic (exact) mass is 482 g/mol. The molecule has 0 aromatic heterocycles. The second-order valence-electron chi connectivity index (χ2n) is 7.87. The number of aryl methyl sites for hydroxylation is 2. The number of rotatable bonds is 8. The van der Waals surface area contributed by atoms with Crippen LogP contribution in [0.3, 0.4) is 0 Å². The number of hydrogen-bond acceptors (Lipinski definition) is 6. The Labute approximate surface area is 198 Å². The number of carbonyl (C=O) groups excluding carboxylic acids is 1. The summed E-state index contributed by atoms with van der Waals surface area (Å²) < 4.78 is 44.8. The molecule has 0 saturated heterocycles. The number of ether oxygens (including phenoxy) is 3. The van der Waals surface area contributed by atoms with E-state index in [-0.39, 0.29) is 16.5 Å². The fraction of sp³-hybridized carbons (Fsp3) is 0.240. The third-order valence-corrected chi connectivity index (χ3v) is 6.56. The van der Waals surface area contributed by atoms with Gasteiger partial charge in [-0.3, -0.25) is 9.52 Å². The molecule has 0 bridgehead atoms. The third kappa shape index (κ3) is 5.60. The van der Waals surface area contributed by atoms with Crippen molar-refractivity contribution >= 4 is 21.6 Å². The van der Waals surface area contributed by atoms with Crippen molar-refractivity contribution in [2.24, 2.45) is 0 Å². The van der Waals surface area contributed by atoms with Gasteiger partial charge in [0.25, 0.3) is 15.9 Å². The van der Waals surface area contributed by atoms with E-state index in [1.54, 1.807) is 24.3 Å². The van der Waals surface area contributed by atoms with Crippen molar-refractivity contribution < 1.29 is 27.4 Å². The van der Waals surface area contributed by atoms with E-state index < -0.39 is 10.0 Å². The summed E-state index contributed by atoms with van der Waals surface area (Å²) >= 11 is 0. The molecule has 0 atom stereocenters. The van der Waals surface area contributed by atoms with Gasteiger partial charge in [0.15, 0.2) is 11.5 Å². The predicted octanol–water partition coefficient (Wildman–Crippen LogP) is 3.68. The van der Waals surface area contributed by atoms with Gasteiger partial charge in [-0.1, -0.05) is 23.8 Å². The van der Waals surface area contributed by atoms with E-state index in [1.807, 2.05) is 32.0 Å². The number of sulfonamides is 1. The quantitative estimate of drug-likeness (QED) is 0.475. The zero-order chi connectivity index (χ0) is 24.1. The van der Waals surface area contributed by atoms with Gasteiger partial charge in [-0.15, -0.1) is 0 Å². The van der Waals surface area contributed by atoms with E-state index in [1.165, 1.54) is 18.2 Å². The molecule has 2 N–H and O–H groups in total. The highest BCUT2D eigenvalue weighted by Crippen LogP contribution is 2.32. The molecule has 34 heavy (non-hydrogen) atoms. The number of hydrogen-bond donors (Lipinski definition) is 2. The van der Waals surface area contributed by atoms with Gasteiger partial charge in [0.05, 0.1) is 11.4 Å². The molecule has 0 spiro atoms. The van der Waals surface area contributed by atoms with Gasteiger partial charge in [0.2, 0.25) is 0 Å². The first-order chi connectivity index (χ1) is 16.3. The lowest BCUT2D eigenvalue weighted by molar-refractivity contribution is 0.0947. The molecular formula is C25H26N2O6S. The minimum atomic E-state index is -3.89. The van der Waals surface area contributed by atoms with Crippen LogP contribution < -0.4 is 24.2 Å². The molecule has 8 nitrogen and oxygen atoms in total. The first kappa shape index (κ1) is 23.4. The molecule has 1 aliphatic rings. The maximum absolute atomic E-state index is 12.8. The van der Waals surface area contributed by atoms with Crippen molar-refractivity contribution in [1.29, 1.82) is 0 Å². The summed E-state index contributed by atoms with van der Waals surface area (Å²) in [5.41, 5.74) is 2.79. The lowest BCUT2D eigenvalue weighted by Gasteiger charge is -2.19. The number of nitrogens with one attached hydrogen (secondary N) is 2. The highest BCUT2D eigenvalue weighted by molar-refractivity contribution is 7.92. The van der Waals surface area contributed by atoms with E-state index in [0.29, 0.717) is 43.4 Å². The molecular weight excluding hydrogens is 456 g/mol. The smallest absolute Gasteiger partial charge is 0.262 e. The molecule has 0 saturated carbocycles. The molecule has 178 valence electrons. The lowest BCUT2D eigenvalue weighted by Crippen LogP contribution is -2.28. The Balaban J connectivity index is 1.36. The normalized spacial score (nSPS) is 12.6. The Kier molecular flexibility index (Phi) is 6.93. The largest absolute Gasteiger partial charge is 0.491 e. The summed E-state index contributed by atoms with van der Waals surface area (Å²) in [4.78, 5) is 12.6. The van der Waals surface area contributed by atoms with Crippen LogP contribution in [0.1, 0.15) is 21.5 Å². The number of anilines is 1. The average molecular weight is 483 g/mol. The van der Waals surface area contributed by atoms with Crippen LogP contribution >= 0.6 is 0 Å². The van der Waals surface area contributed by atoms with Crippen LogP contribution in [-0.4, -0.2) is 40.7 Å². The summed E-state index contributed by atoms with van der Waals surface area (Å²) in [5, 5.41) is 2.78. The summed E-state index contributed by atoms with van der Waals surface area (Å²) in [6, 6.07) is 16.6. The minimum Gasteiger partial charge on any atom is -0.491 e. The minimum absolute atomic E-state index is 0.0372. The van der Waals surface area contributed by atoms with Crippen LogP contribution in [0.15, 0.2) is 65.6 Å². The zero-order valence-corrected chi connectivity index (χ0v) is 19.8. The first-order valence-corrected chi connectivity index (χ1v) is 12.3. The third-order valence-electron chi connectivity index (χ3n) is 5.18. The molecule has 3 aromatic carbocycles. The second kappa shape index (κ2) is 10.0. The standard InChI is InChI=1S/C25H26N2O6S/c1-17-6-8-22(18(2)14-17)31-11-10-26-25(28)19-4-3-5-20(15-19)27-34(29,30)21-7-9-23-24(16-21)33-13-12-32-23/h3-9,14-16,27H,10-13H2,1-2H3,(H,26,28). The van der Waals surface area contributed by atoms with Crippen LogP contribution in [0.2, 0.25) is 0 Å². The van der Waals surface area contributed by atoms with Gasteiger partial charge >= 0.3 is 0 Å².